The van der Waals surface area contributed by atoms with Crippen molar-refractivity contribution in [2.45, 2.75) is 52.0 Å². The van der Waals surface area contributed by atoms with Gasteiger partial charge in [0.15, 0.2) is 6.29 Å². The first-order chi connectivity index (χ1) is 10.0. The molecule has 21 heavy (non-hydrogen) atoms. The van der Waals surface area contributed by atoms with Gasteiger partial charge in [-0.15, -0.1) is 0 Å². The van der Waals surface area contributed by atoms with Crippen molar-refractivity contribution in [3.05, 3.63) is 0 Å². The summed E-state index contributed by atoms with van der Waals surface area (Å²) in [6, 6.07) is -0.508. The molecular formula is C14H25NO6. The maximum absolute atomic E-state index is 11.3. The highest BCUT2D eigenvalue weighted by molar-refractivity contribution is 5.73. The van der Waals surface area contributed by atoms with Crippen LogP contribution in [0.2, 0.25) is 0 Å². The standard InChI is InChI=1S/C14H25NO6/c1-4-6-18-8-9-20-14-13(15-10(2)16)12(5-7-19-14)21-11(3)17/h12-14H,4-9H2,1-3H3,(H,15,16)/t12-,13+,14+/m1/s1. The molecule has 122 valence electrons. The van der Waals surface area contributed by atoms with Crippen LogP contribution in [-0.4, -0.2) is 56.7 Å². The number of carbonyl (C=O) groups excluding carboxylic acids is 2. The summed E-state index contributed by atoms with van der Waals surface area (Å²) in [5.41, 5.74) is 0. The van der Waals surface area contributed by atoms with E-state index in [-0.39, 0.29) is 11.9 Å². The number of hydrogen-bond donors (Lipinski definition) is 1. The van der Waals surface area contributed by atoms with E-state index in [1.54, 1.807) is 0 Å². The van der Waals surface area contributed by atoms with Crippen molar-refractivity contribution in [2.24, 2.45) is 0 Å². The van der Waals surface area contributed by atoms with Crippen LogP contribution in [0.15, 0.2) is 0 Å². The first-order valence-corrected chi connectivity index (χ1v) is 7.29. The largest absolute Gasteiger partial charge is 0.460 e. The van der Waals surface area contributed by atoms with Crippen LogP contribution >= 0.6 is 0 Å². The Bertz CT molecular complexity index is 335. The van der Waals surface area contributed by atoms with Gasteiger partial charge in [-0.25, -0.2) is 0 Å². The van der Waals surface area contributed by atoms with Crippen LogP contribution in [0.5, 0.6) is 0 Å². The average Bonchev–Trinajstić information content (AvgIpc) is 2.40. The van der Waals surface area contributed by atoms with Gasteiger partial charge in [-0.1, -0.05) is 6.92 Å². The Morgan fingerprint density at radius 3 is 2.62 bits per heavy atom. The molecule has 1 rings (SSSR count). The second-order valence-corrected chi connectivity index (χ2v) is 4.89. The van der Waals surface area contributed by atoms with Gasteiger partial charge < -0.3 is 24.3 Å². The molecule has 0 unspecified atom stereocenters. The number of nitrogens with one attached hydrogen (secondary N) is 1. The molecule has 1 heterocycles. The molecule has 0 saturated carbocycles. The van der Waals surface area contributed by atoms with Gasteiger partial charge in [0.05, 0.1) is 19.8 Å². The van der Waals surface area contributed by atoms with Crippen molar-refractivity contribution in [2.75, 3.05) is 26.4 Å². The number of ether oxygens (including phenoxy) is 4. The molecule has 7 heteroatoms. The number of hydrogen-bond acceptors (Lipinski definition) is 6. The van der Waals surface area contributed by atoms with Crippen LogP contribution < -0.4 is 5.32 Å². The van der Waals surface area contributed by atoms with E-state index in [0.29, 0.717) is 32.8 Å². The third-order valence-electron chi connectivity index (χ3n) is 2.92. The minimum atomic E-state index is -0.641. The number of esters is 1. The minimum Gasteiger partial charge on any atom is -0.460 e. The first-order valence-electron chi connectivity index (χ1n) is 7.29. The zero-order valence-corrected chi connectivity index (χ0v) is 12.9. The number of rotatable bonds is 8. The molecule has 3 atom stereocenters. The molecule has 0 radical (unpaired) electrons. The maximum Gasteiger partial charge on any atom is 0.302 e. The van der Waals surface area contributed by atoms with Gasteiger partial charge in [-0.05, 0) is 6.42 Å². The summed E-state index contributed by atoms with van der Waals surface area (Å²) in [5.74, 6) is -0.610. The van der Waals surface area contributed by atoms with Crippen LogP contribution in [0.1, 0.15) is 33.6 Å². The third kappa shape index (κ3) is 6.88. The van der Waals surface area contributed by atoms with Gasteiger partial charge in [-0.3, -0.25) is 9.59 Å². The van der Waals surface area contributed by atoms with Gasteiger partial charge in [-0.2, -0.15) is 0 Å². The molecule has 0 aromatic rings. The molecule has 1 amide bonds. The normalized spacial score (nSPS) is 25.4. The Morgan fingerprint density at radius 1 is 1.24 bits per heavy atom. The van der Waals surface area contributed by atoms with E-state index in [1.165, 1.54) is 13.8 Å². The Labute approximate surface area is 125 Å². The lowest BCUT2D eigenvalue weighted by Crippen LogP contribution is -2.56. The van der Waals surface area contributed by atoms with Crippen LogP contribution in [0.3, 0.4) is 0 Å². The van der Waals surface area contributed by atoms with E-state index < -0.39 is 18.4 Å². The lowest BCUT2D eigenvalue weighted by Gasteiger charge is -2.37. The number of carbonyl (C=O) groups is 2. The smallest absolute Gasteiger partial charge is 0.302 e. The lowest BCUT2D eigenvalue weighted by molar-refractivity contribution is -0.214. The summed E-state index contributed by atoms with van der Waals surface area (Å²) >= 11 is 0. The fraction of sp³-hybridized carbons (Fsp3) is 0.857. The first kappa shape index (κ1) is 17.9. The summed E-state index contributed by atoms with van der Waals surface area (Å²) in [4.78, 5) is 22.5. The molecule has 0 spiro atoms. The Balaban J connectivity index is 2.52. The molecule has 0 bridgehead atoms. The van der Waals surface area contributed by atoms with Crippen LogP contribution in [0.25, 0.3) is 0 Å². The molecule has 1 N–H and O–H groups in total. The predicted octanol–water partition coefficient (Wildman–Crippen LogP) is 0.612. The van der Waals surface area contributed by atoms with E-state index in [1.807, 2.05) is 6.92 Å². The second-order valence-electron chi connectivity index (χ2n) is 4.89. The molecule has 0 aliphatic carbocycles. The Morgan fingerprint density at radius 2 is 2.00 bits per heavy atom. The highest BCUT2D eigenvalue weighted by atomic mass is 16.7. The summed E-state index contributed by atoms with van der Waals surface area (Å²) in [6.45, 7) is 6.68. The van der Waals surface area contributed by atoms with Crippen LogP contribution in [0.4, 0.5) is 0 Å². The summed E-state index contributed by atoms with van der Waals surface area (Å²) in [6.07, 6.45) is 0.388. The topological polar surface area (TPSA) is 83.1 Å². The molecule has 0 aromatic carbocycles. The molecular weight excluding hydrogens is 278 g/mol. The summed E-state index contributed by atoms with van der Waals surface area (Å²) in [7, 11) is 0. The van der Waals surface area contributed by atoms with Crippen molar-refractivity contribution in [1.29, 1.82) is 0 Å². The van der Waals surface area contributed by atoms with Gasteiger partial charge >= 0.3 is 5.97 Å². The fourth-order valence-electron chi connectivity index (χ4n) is 2.12. The maximum atomic E-state index is 11.3. The van der Waals surface area contributed by atoms with Crippen LogP contribution in [-0.2, 0) is 28.5 Å². The SMILES string of the molecule is CCCOCCO[C@@H]1OCC[C@@H](OC(C)=O)[C@@H]1NC(C)=O. The van der Waals surface area contributed by atoms with E-state index in [0.717, 1.165) is 6.42 Å². The van der Waals surface area contributed by atoms with Gasteiger partial charge in [0.25, 0.3) is 0 Å². The van der Waals surface area contributed by atoms with E-state index >= 15 is 0 Å². The predicted molar refractivity (Wildman–Crippen MR) is 74.6 cm³/mol. The van der Waals surface area contributed by atoms with Gasteiger partial charge in [0, 0.05) is 26.9 Å². The lowest BCUT2D eigenvalue weighted by atomic mass is 10.0. The Kier molecular flexibility index (Phi) is 8.26. The van der Waals surface area contributed by atoms with Gasteiger partial charge in [0.1, 0.15) is 12.1 Å². The minimum absolute atomic E-state index is 0.224. The van der Waals surface area contributed by atoms with Crippen molar-refractivity contribution in [3.8, 4) is 0 Å². The third-order valence-corrected chi connectivity index (χ3v) is 2.92. The quantitative estimate of drug-likeness (QED) is 0.522. The monoisotopic (exact) mass is 303 g/mol. The fourth-order valence-corrected chi connectivity index (χ4v) is 2.12. The van der Waals surface area contributed by atoms with Crippen molar-refractivity contribution in [1.82, 2.24) is 5.32 Å². The van der Waals surface area contributed by atoms with E-state index in [2.05, 4.69) is 5.32 Å². The average molecular weight is 303 g/mol. The number of amides is 1. The van der Waals surface area contributed by atoms with E-state index in [4.69, 9.17) is 18.9 Å². The van der Waals surface area contributed by atoms with Crippen LogP contribution in [0, 0.1) is 0 Å². The van der Waals surface area contributed by atoms with Crippen molar-refractivity contribution < 1.29 is 28.5 Å². The molecule has 1 aliphatic heterocycles. The molecule has 1 fully saturated rings. The highest BCUT2D eigenvalue weighted by Crippen LogP contribution is 2.19. The van der Waals surface area contributed by atoms with Gasteiger partial charge in [0.2, 0.25) is 5.91 Å². The molecule has 1 saturated heterocycles. The van der Waals surface area contributed by atoms with Crippen molar-refractivity contribution in [3.63, 3.8) is 0 Å². The molecule has 1 aliphatic rings. The summed E-state index contributed by atoms with van der Waals surface area (Å²) in [5, 5.41) is 2.73. The zero-order chi connectivity index (χ0) is 15.7. The second kappa shape index (κ2) is 9.70. The Hall–Kier alpha value is -1.18. The summed E-state index contributed by atoms with van der Waals surface area (Å²) < 4.78 is 21.7. The molecule has 0 aromatic heterocycles. The zero-order valence-electron chi connectivity index (χ0n) is 12.9. The molecule has 7 nitrogen and oxygen atoms in total. The highest BCUT2D eigenvalue weighted by Gasteiger charge is 2.37. The van der Waals surface area contributed by atoms with Crippen molar-refractivity contribution >= 4 is 11.9 Å². The van der Waals surface area contributed by atoms with E-state index in [9.17, 15) is 9.59 Å².